The molecule has 0 aromatic heterocycles. The predicted octanol–water partition coefficient (Wildman–Crippen LogP) is 2.76. The van der Waals surface area contributed by atoms with Crippen LogP contribution in [0.25, 0.3) is 0 Å². The predicted molar refractivity (Wildman–Crippen MR) is 58.7 cm³/mol. The number of aliphatic carboxylic acids is 1. The number of alkyl halides is 3. The number of carbonyl (C=O) groups is 1. The van der Waals surface area contributed by atoms with Gasteiger partial charge in [0.15, 0.2) is 5.92 Å². The summed E-state index contributed by atoms with van der Waals surface area (Å²) in [5.74, 6) is -5.87. The Balaban J connectivity index is 2.76. The van der Waals surface area contributed by atoms with Gasteiger partial charge in [-0.1, -0.05) is 0 Å². The van der Waals surface area contributed by atoms with Crippen molar-refractivity contribution in [1.82, 2.24) is 0 Å². The minimum atomic E-state index is -4.84. The third-order valence-corrected chi connectivity index (χ3v) is 3.07. The average molecular weight is 283 g/mol. The van der Waals surface area contributed by atoms with Crippen LogP contribution in [0.15, 0.2) is 23.1 Å². The van der Waals surface area contributed by atoms with Crippen molar-refractivity contribution >= 4 is 23.4 Å². The monoisotopic (exact) mass is 283 g/mol. The molecule has 0 fully saturated rings. The zero-order chi connectivity index (χ0) is 13.9. The number of thioether (sulfide) groups is 1. The molecule has 100 valence electrons. The number of nitrogen functional groups attached to an aromatic ring is 1. The summed E-state index contributed by atoms with van der Waals surface area (Å²) in [6.45, 7) is 0. The topological polar surface area (TPSA) is 63.3 Å². The second-order valence-corrected chi connectivity index (χ2v) is 4.56. The summed E-state index contributed by atoms with van der Waals surface area (Å²) in [5, 5.41) is 8.46. The number of halogens is 4. The third kappa shape index (κ3) is 4.10. The standard InChI is InChI=1S/C10H9F4NO2S/c11-5-1-6(15)3-7(2-5)18-4-8(9(16)17)10(12,13)14/h1-3,8H,4,15H2,(H,16,17). The average Bonchev–Trinajstić information content (AvgIpc) is 2.12. The fourth-order valence-electron chi connectivity index (χ4n) is 1.15. The maximum absolute atomic E-state index is 12.9. The second kappa shape index (κ2) is 5.47. The molecule has 8 heteroatoms. The van der Waals surface area contributed by atoms with Gasteiger partial charge in [-0.15, -0.1) is 11.8 Å². The lowest BCUT2D eigenvalue weighted by atomic mass is 10.2. The Hall–Kier alpha value is -1.44. The van der Waals surface area contributed by atoms with Crippen LogP contribution in [0.3, 0.4) is 0 Å². The van der Waals surface area contributed by atoms with E-state index < -0.39 is 29.6 Å². The first-order chi connectivity index (χ1) is 8.20. The Morgan fingerprint density at radius 1 is 1.39 bits per heavy atom. The summed E-state index contributed by atoms with van der Waals surface area (Å²) < 4.78 is 49.9. The fourth-order valence-corrected chi connectivity index (χ4v) is 2.26. The second-order valence-electron chi connectivity index (χ2n) is 3.46. The molecule has 0 radical (unpaired) electrons. The Labute approximate surface area is 104 Å². The Bertz CT molecular complexity index is 430. The van der Waals surface area contributed by atoms with Crippen LogP contribution >= 0.6 is 11.8 Å². The molecule has 0 bridgehead atoms. The molecule has 3 N–H and O–H groups in total. The van der Waals surface area contributed by atoms with E-state index in [1.54, 1.807) is 0 Å². The van der Waals surface area contributed by atoms with Crippen LogP contribution in [-0.4, -0.2) is 23.0 Å². The number of anilines is 1. The van der Waals surface area contributed by atoms with E-state index in [-0.39, 0.29) is 10.6 Å². The quantitative estimate of drug-likeness (QED) is 0.506. The number of hydrogen-bond donors (Lipinski definition) is 2. The summed E-state index contributed by atoms with van der Waals surface area (Å²) in [6, 6.07) is 3.29. The van der Waals surface area contributed by atoms with E-state index in [4.69, 9.17) is 10.8 Å². The molecule has 1 atom stereocenters. The number of carboxylic acid groups (broad SMARTS) is 1. The normalized spacial score (nSPS) is 13.3. The van der Waals surface area contributed by atoms with Crippen LogP contribution in [0.2, 0.25) is 0 Å². The van der Waals surface area contributed by atoms with Crippen LogP contribution in [0.4, 0.5) is 23.2 Å². The number of hydrogen-bond acceptors (Lipinski definition) is 3. The Morgan fingerprint density at radius 2 is 2.00 bits per heavy atom. The van der Waals surface area contributed by atoms with Crippen molar-refractivity contribution in [2.75, 3.05) is 11.5 Å². The molecule has 0 aliphatic heterocycles. The lowest BCUT2D eigenvalue weighted by Gasteiger charge is -2.15. The first-order valence-electron chi connectivity index (χ1n) is 4.68. The maximum Gasteiger partial charge on any atom is 0.403 e. The van der Waals surface area contributed by atoms with Gasteiger partial charge in [0.25, 0.3) is 0 Å². The lowest BCUT2D eigenvalue weighted by molar-refractivity contribution is -0.188. The van der Waals surface area contributed by atoms with Crippen LogP contribution < -0.4 is 5.73 Å². The maximum atomic E-state index is 12.9. The van der Waals surface area contributed by atoms with E-state index in [9.17, 15) is 22.4 Å². The molecule has 0 amide bonds. The highest BCUT2D eigenvalue weighted by Crippen LogP contribution is 2.32. The van der Waals surface area contributed by atoms with E-state index >= 15 is 0 Å². The van der Waals surface area contributed by atoms with Gasteiger partial charge in [-0.25, -0.2) is 4.39 Å². The molecule has 1 rings (SSSR count). The SMILES string of the molecule is Nc1cc(F)cc(SCC(C(=O)O)C(F)(F)F)c1. The molecule has 3 nitrogen and oxygen atoms in total. The highest BCUT2D eigenvalue weighted by atomic mass is 32.2. The molecule has 1 aromatic rings. The van der Waals surface area contributed by atoms with Gasteiger partial charge in [0, 0.05) is 16.3 Å². The molecular formula is C10H9F4NO2S. The van der Waals surface area contributed by atoms with E-state index in [2.05, 4.69) is 0 Å². The molecule has 0 heterocycles. The number of nitrogens with two attached hydrogens (primary N) is 1. The van der Waals surface area contributed by atoms with Gasteiger partial charge in [-0.2, -0.15) is 13.2 Å². The van der Waals surface area contributed by atoms with E-state index in [0.29, 0.717) is 11.8 Å². The van der Waals surface area contributed by atoms with E-state index in [0.717, 1.165) is 12.1 Å². The first-order valence-corrected chi connectivity index (χ1v) is 5.67. The van der Waals surface area contributed by atoms with Gasteiger partial charge in [0.2, 0.25) is 0 Å². The molecule has 18 heavy (non-hydrogen) atoms. The van der Waals surface area contributed by atoms with Crippen LogP contribution in [0.1, 0.15) is 0 Å². The van der Waals surface area contributed by atoms with Crippen molar-refractivity contribution < 1.29 is 27.5 Å². The van der Waals surface area contributed by atoms with E-state index in [1.165, 1.54) is 6.07 Å². The van der Waals surface area contributed by atoms with Crippen molar-refractivity contribution in [2.24, 2.45) is 5.92 Å². The zero-order valence-corrected chi connectivity index (χ0v) is 9.69. The smallest absolute Gasteiger partial charge is 0.403 e. The lowest BCUT2D eigenvalue weighted by Crippen LogP contribution is -2.32. The number of benzene rings is 1. The first kappa shape index (κ1) is 14.6. The molecule has 0 aliphatic carbocycles. The number of carboxylic acids is 1. The molecule has 1 aromatic carbocycles. The van der Waals surface area contributed by atoms with Crippen molar-refractivity contribution in [2.45, 2.75) is 11.1 Å². The van der Waals surface area contributed by atoms with Gasteiger partial charge in [-0.05, 0) is 18.2 Å². The summed E-state index contributed by atoms with van der Waals surface area (Å²) in [5.41, 5.74) is 5.39. The molecule has 0 spiro atoms. The van der Waals surface area contributed by atoms with Crippen molar-refractivity contribution in [3.63, 3.8) is 0 Å². The van der Waals surface area contributed by atoms with Crippen LogP contribution in [-0.2, 0) is 4.79 Å². The highest BCUT2D eigenvalue weighted by Gasteiger charge is 2.44. The Kier molecular flexibility index (Phi) is 4.44. The van der Waals surface area contributed by atoms with Crippen LogP contribution in [0.5, 0.6) is 0 Å². The van der Waals surface area contributed by atoms with Crippen molar-refractivity contribution in [3.05, 3.63) is 24.0 Å². The fraction of sp³-hybridized carbons (Fsp3) is 0.300. The van der Waals surface area contributed by atoms with Crippen molar-refractivity contribution in [3.8, 4) is 0 Å². The van der Waals surface area contributed by atoms with Gasteiger partial charge >= 0.3 is 12.1 Å². The molecule has 0 aliphatic rings. The Morgan fingerprint density at radius 3 is 2.44 bits per heavy atom. The molecule has 0 saturated heterocycles. The largest absolute Gasteiger partial charge is 0.481 e. The zero-order valence-electron chi connectivity index (χ0n) is 8.87. The van der Waals surface area contributed by atoms with Crippen LogP contribution in [0, 0.1) is 11.7 Å². The summed E-state index contributed by atoms with van der Waals surface area (Å²) in [7, 11) is 0. The minimum Gasteiger partial charge on any atom is -0.481 e. The summed E-state index contributed by atoms with van der Waals surface area (Å²) >= 11 is 0.591. The van der Waals surface area contributed by atoms with Gasteiger partial charge in [0.05, 0.1) is 0 Å². The van der Waals surface area contributed by atoms with Gasteiger partial charge in [0.1, 0.15) is 5.82 Å². The minimum absolute atomic E-state index is 0.0661. The van der Waals surface area contributed by atoms with E-state index in [1.807, 2.05) is 0 Å². The van der Waals surface area contributed by atoms with Gasteiger partial charge < -0.3 is 10.8 Å². The third-order valence-electron chi connectivity index (χ3n) is 2.00. The highest BCUT2D eigenvalue weighted by molar-refractivity contribution is 7.99. The number of rotatable bonds is 4. The summed E-state index contributed by atoms with van der Waals surface area (Å²) in [6.07, 6.45) is -4.84. The van der Waals surface area contributed by atoms with Gasteiger partial charge in [-0.3, -0.25) is 4.79 Å². The molecule has 1 unspecified atom stereocenters. The van der Waals surface area contributed by atoms with Crippen molar-refractivity contribution in [1.29, 1.82) is 0 Å². The summed E-state index contributed by atoms with van der Waals surface area (Å²) in [4.78, 5) is 10.6. The molecular weight excluding hydrogens is 274 g/mol. The molecule has 0 saturated carbocycles.